The quantitative estimate of drug-likeness (QED) is 0.462. The fourth-order valence-corrected chi connectivity index (χ4v) is 3.78. The van der Waals surface area contributed by atoms with Crippen LogP contribution in [0, 0.1) is 0 Å². The summed E-state index contributed by atoms with van der Waals surface area (Å²) in [7, 11) is 3.24. The van der Waals surface area contributed by atoms with Gasteiger partial charge in [-0.2, -0.15) is 9.97 Å². The third-order valence-electron chi connectivity index (χ3n) is 5.17. The Kier molecular flexibility index (Phi) is 5.63. The lowest BCUT2D eigenvalue weighted by Gasteiger charge is -2.14. The molecule has 5 heterocycles. The molecule has 0 aromatic carbocycles. The first-order valence-corrected chi connectivity index (χ1v) is 10.2. The summed E-state index contributed by atoms with van der Waals surface area (Å²) in [6.45, 7) is 1.35. The average molecular weight is 465 g/mol. The summed E-state index contributed by atoms with van der Waals surface area (Å²) in [5.41, 5.74) is 1.15. The van der Waals surface area contributed by atoms with Gasteiger partial charge in [0.1, 0.15) is 11.3 Å². The van der Waals surface area contributed by atoms with Crippen LogP contribution < -0.4 is 10.6 Å². The first kappa shape index (κ1) is 21.2. The molecule has 1 saturated heterocycles. The van der Waals surface area contributed by atoms with E-state index < -0.39 is 5.69 Å². The summed E-state index contributed by atoms with van der Waals surface area (Å²) in [5, 5.41) is 0.226. The summed E-state index contributed by atoms with van der Waals surface area (Å²) in [6, 6.07) is -0.320. The van der Waals surface area contributed by atoms with Crippen LogP contribution in [0.2, 0.25) is 10.6 Å². The Morgan fingerprint density at radius 3 is 2.35 bits per heavy atom. The van der Waals surface area contributed by atoms with Gasteiger partial charge in [-0.3, -0.25) is 14.3 Å². The molecule has 1 fully saturated rings. The molecule has 162 valence electrons. The van der Waals surface area contributed by atoms with E-state index in [1.165, 1.54) is 15.7 Å². The number of anilines is 1. The number of halogens is 2. The van der Waals surface area contributed by atoms with E-state index in [9.17, 15) is 14.4 Å². The molecule has 0 bridgehead atoms. The molecule has 11 nitrogen and oxygen atoms in total. The molecular formula is C18H18Cl2N8O3. The Hall–Kier alpha value is -3.05. The van der Waals surface area contributed by atoms with E-state index in [4.69, 9.17) is 23.2 Å². The summed E-state index contributed by atoms with van der Waals surface area (Å²) in [4.78, 5) is 54.4. The van der Waals surface area contributed by atoms with E-state index in [1.807, 2.05) is 0 Å². The topological polar surface area (TPSA) is 119 Å². The summed E-state index contributed by atoms with van der Waals surface area (Å²) >= 11 is 11.3. The maximum Gasteiger partial charge on any atom is 0.338 e. The van der Waals surface area contributed by atoms with Crippen LogP contribution >= 0.6 is 23.2 Å². The van der Waals surface area contributed by atoms with Crippen LogP contribution in [0.15, 0.2) is 17.2 Å². The molecule has 0 unspecified atom stereocenters. The molecular weight excluding hydrogens is 447 g/mol. The van der Waals surface area contributed by atoms with E-state index >= 15 is 0 Å². The fourth-order valence-electron chi connectivity index (χ4n) is 3.52. The largest absolute Gasteiger partial charge is 0.338 e. The van der Waals surface area contributed by atoms with Crippen molar-refractivity contribution in [2.75, 3.05) is 25.0 Å². The molecule has 31 heavy (non-hydrogen) atoms. The lowest BCUT2D eigenvalue weighted by atomic mass is 10.3. The van der Waals surface area contributed by atoms with Crippen molar-refractivity contribution in [2.24, 2.45) is 7.05 Å². The zero-order valence-corrected chi connectivity index (χ0v) is 18.3. The molecule has 0 atom stereocenters. The predicted octanol–water partition coefficient (Wildman–Crippen LogP) is 1.50. The van der Waals surface area contributed by atoms with Crippen molar-refractivity contribution in [3.05, 3.63) is 39.0 Å². The van der Waals surface area contributed by atoms with Gasteiger partial charge in [-0.05, 0) is 36.0 Å². The number of fused-ring (bicyclic) bond motifs is 2. The Balaban J connectivity index is 0.000000166. The number of hydrogen-bond acceptors (Lipinski definition) is 7. The van der Waals surface area contributed by atoms with Gasteiger partial charge in [0.2, 0.25) is 16.5 Å². The van der Waals surface area contributed by atoms with Crippen molar-refractivity contribution in [3.63, 3.8) is 0 Å². The Labute approximate surface area is 186 Å². The van der Waals surface area contributed by atoms with Gasteiger partial charge in [0.25, 0.3) is 0 Å². The van der Waals surface area contributed by atoms with E-state index in [0.29, 0.717) is 36.5 Å². The van der Waals surface area contributed by atoms with Gasteiger partial charge >= 0.3 is 11.7 Å². The summed E-state index contributed by atoms with van der Waals surface area (Å²) in [6.07, 6.45) is 5.30. The fraction of sp³-hybridized carbons (Fsp3) is 0.389. The lowest BCUT2D eigenvalue weighted by molar-refractivity contribution is -0.117. The van der Waals surface area contributed by atoms with E-state index in [0.717, 1.165) is 23.0 Å². The van der Waals surface area contributed by atoms with Gasteiger partial charge in [-0.15, -0.1) is 0 Å². The van der Waals surface area contributed by atoms with Crippen molar-refractivity contribution < 1.29 is 9.59 Å². The standard InChI is InChI=1S/C11H12ClN5O2.C7H6ClN3O/c1-15-8-7(6-13-9(12)14-8)17(10(15)18)11(19)16-4-2-3-5-16;1-11-5(12)2-4-3-9-7(8)10-6(4)11/h6H,2-5H2,1H3;3H,2H2,1H3. The molecule has 2 amide bonds. The van der Waals surface area contributed by atoms with Gasteiger partial charge in [0.15, 0.2) is 5.65 Å². The molecule has 0 radical (unpaired) electrons. The maximum atomic E-state index is 12.4. The minimum absolute atomic E-state index is 0.0292. The van der Waals surface area contributed by atoms with Crippen molar-refractivity contribution in [1.29, 1.82) is 0 Å². The molecule has 5 rings (SSSR count). The number of aryl methyl sites for hydroxylation is 1. The second-order valence-electron chi connectivity index (χ2n) is 7.12. The van der Waals surface area contributed by atoms with Crippen LogP contribution in [-0.2, 0) is 18.3 Å². The van der Waals surface area contributed by atoms with Gasteiger partial charge < -0.3 is 4.90 Å². The van der Waals surface area contributed by atoms with E-state index in [-0.39, 0.29) is 22.5 Å². The summed E-state index contributed by atoms with van der Waals surface area (Å²) in [5.74, 6) is 0.654. The first-order chi connectivity index (χ1) is 14.8. The maximum absolute atomic E-state index is 12.4. The molecule has 3 aromatic rings. The smallest absolute Gasteiger partial charge is 0.324 e. The zero-order valence-electron chi connectivity index (χ0n) is 16.7. The van der Waals surface area contributed by atoms with Crippen LogP contribution in [0.4, 0.5) is 10.6 Å². The summed E-state index contributed by atoms with van der Waals surface area (Å²) < 4.78 is 2.41. The monoisotopic (exact) mass is 464 g/mol. The third kappa shape index (κ3) is 3.86. The number of imidazole rings is 1. The zero-order chi connectivity index (χ0) is 22.3. The van der Waals surface area contributed by atoms with Crippen LogP contribution in [0.25, 0.3) is 11.2 Å². The van der Waals surface area contributed by atoms with Gasteiger partial charge in [-0.1, -0.05) is 0 Å². The lowest BCUT2D eigenvalue weighted by Crippen LogP contribution is -2.38. The second kappa shape index (κ2) is 8.23. The van der Waals surface area contributed by atoms with Crippen LogP contribution in [0.5, 0.6) is 0 Å². The molecule has 2 aliphatic heterocycles. The van der Waals surface area contributed by atoms with Crippen LogP contribution in [0.1, 0.15) is 18.4 Å². The van der Waals surface area contributed by atoms with Crippen molar-refractivity contribution in [1.82, 2.24) is 34.0 Å². The van der Waals surface area contributed by atoms with Crippen LogP contribution in [-0.4, -0.2) is 66.0 Å². The van der Waals surface area contributed by atoms with Gasteiger partial charge in [0, 0.05) is 38.9 Å². The number of hydrogen-bond donors (Lipinski definition) is 0. The van der Waals surface area contributed by atoms with Gasteiger partial charge in [0.05, 0.1) is 12.6 Å². The Morgan fingerprint density at radius 1 is 1.00 bits per heavy atom. The number of nitrogens with zero attached hydrogens (tertiary/aromatic N) is 8. The van der Waals surface area contributed by atoms with Crippen LogP contribution in [0.3, 0.4) is 0 Å². The van der Waals surface area contributed by atoms with Crippen molar-refractivity contribution in [2.45, 2.75) is 19.3 Å². The molecule has 3 aromatic heterocycles. The predicted molar refractivity (Wildman–Crippen MR) is 114 cm³/mol. The van der Waals surface area contributed by atoms with E-state index in [1.54, 1.807) is 25.2 Å². The molecule has 0 spiro atoms. The highest BCUT2D eigenvalue weighted by molar-refractivity contribution is 6.28. The molecule has 0 saturated carbocycles. The second-order valence-corrected chi connectivity index (χ2v) is 7.80. The number of carbonyl (C=O) groups is 2. The normalized spacial score (nSPS) is 15.3. The molecule has 0 N–H and O–H groups in total. The van der Waals surface area contributed by atoms with Crippen molar-refractivity contribution in [3.8, 4) is 0 Å². The first-order valence-electron chi connectivity index (χ1n) is 9.45. The van der Waals surface area contributed by atoms with Gasteiger partial charge in [-0.25, -0.2) is 24.1 Å². The highest BCUT2D eigenvalue weighted by Gasteiger charge is 2.26. The molecule has 2 aliphatic rings. The average Bonchev–Trinajstić information content (AvgIpc) is 3.43. The number of amides is 2. The minimum Gasteiger partial charge on any atom is -0.324 e. The SMILES string of the molecule is CN1C(=O)Cc2cnc(Cl)nc21.Cn1c(=O)n(C(=O)N2CCCC2)c2cnc(Cl)nc21. The highest BCUT2D eigenvalue weighted by Crippen LogP contribution is 2.25. The number of carbonyl (C=O) groups excluding carboxylic acids is 2. The van der Waals surface area contributed by atoms with E-state index in [2.05, 4.69) is 19.9 Å². The minimum atomic E-state index is -0.427. The Morgan fingerprint density at radius 2 is 1.65 bits per heavy atom. The highest BCUT2D eigenvalue weighted by atomic mass is 35.5. The Bertz CT molecular complexity index is 1250. The number of rotatable bonds is 0. The third-order valence-corrected chi connectivity index (χ3v) is 5.54. The molecule has 13 heteroatoms. The molecule has 0 aliphatic carbocycles. The number of likely N-dealkylation sites (N-methyl/N-ethyl adjacent to an activating group) is 1. The number of aromatic nitrogens is 6. The van der Waals surface area contributed by atoms with Crippen molar-refractivity contribution >= 4 is 52.1 Å². The number of likely N-dealkylation sites (tertiary alicyclic amines) is 1.